The summed E-state index contributed by atoms with van der Waals surface area (Å²) in [5.41, 5.74) is 3.90. The van der Waals surface area contributed by atoms with Crippen molar-refractivity contribution in [1.82, 2.24) is 0 Å². The summed E-state index contributed by atoms with van der Waals surface area (Å²) in [5, 5.41) is 3.34. The number of benzene rings is 1. The van der Waals surface area contributed by atoms with Crippen LogP contribution in [0.5, 0.6) is 0 Å². The molecule has 1 aromatic carbocycles. The first-order valence-corrected chi connectivity index (χ1v) is 4.29. The van der Waals surface area contributed by atoms with Crippen LogP contribution in [0.2, 0.25) is 0 Å². The van der Waals surface area contributed by atoms with Crippen molar-refractivity contribution in [2.45, 2.75) is 12.8 Å². The highest BCUT2D eigenvalue weighted by Gasteiger charge is 2.17. The Morgan fingerprint density at radius 1 is 1.42 bits per heavy atom. The van der Waals surface area contributed by atoms with Gasteiger partial charge < -0.3 is 5.32 Å². The van der Waals surface area contributed by atoms with Gasteiger partial charge in [0.2, 0.25) is 0 Å². The van der Waals surface area contributed by atoms with E-state index < -0.39 is 0 Å². The lowest BCUT2D eigenvalue weighted by atomic mass is 9.89. The van der Waals surface area contributed by atoms with Crippen LogP contribution in [0.4, 0.5) is 5.69 Å². The van der Waals surface area contributed by atoms with Gasteiger partial charge in [-0.1, -0.05) is 37.3 Å². The lowest BCUT2D eigenvalue weighted by molar-refractivity contribution is 0.849. The summed E-state index contributed by atoms with van der Waals surface area (Å²) in [6.07, 6.45) is 0. The van der Waals surface area contributed by atoms with Gasteiger partial charge in [0.1, 0.15) is 0 Å². The van der Waals surface area contributed by atoms with E-state index in [1.165, 1.54) is 16.8 Å². The Morgan fingerprint density at radius 2 is 2.17 bits per heavy atom. The van der Waals surface area contributed by atoms with Crippen molar-refractivity contribution in [1.29, 1.82) is 0 Å². The maximum absolute atomic E-state index is 4.03. The van der Waals surface area contributed by atoms with E-state index in [0.717, 1.165) is 6.54 Å². The Bertz CT molecular complexity index is 315. The lowest BCUT2D eigenvalue weighted by Gasteiger charge is -2.25. The molecule has 62 valence electrons. The number of para-hydroxylation sites is 1. The van der Waals surface area contributed by atoms with Gasteiger partial charge in [-0.25, -0.2) is 0 Å². The molecule has 1 aliphatic rings. The molecule has 0 amide bonds. The molecule has 1 nitrogen and oxygen atoms in total. The molecular weight excluding hydrogens is 146 g/mol. The molecular formula is C11H13N. The van der Waals surface area contributed by atoms with Gasteiger partial charge in [0.25, 0.3) is 0 Å². The fourth-order valence-electron chi connectivity index (χ4n) is 1.62. The molecule has 1 heterocycles. The average molecular weight is 159 g/mol. The van der Waals surface area contributed by atoms with E-state index in [9.17, 15) is 0 Å². The van der Waals surface area contributed by atoms with Crippen LogP contribution >= 0.6 is 0 Å². The molecule has 1 heteroatoms. The fourth-order valence-corrected chi connectivity index (χ4v) is 1.62. The summed E-state index contributed by atoms with van der Waals surface area (Å²) in [5.74, 6) is 0.502. The number of anilines is 1. The molecule has 0 fully saturated rings. The summed E-state index contributed by atoms with van der Waals surface area (Å²) in [6.45, 7) is 7.16. The Hall–Kier alpha value is -1.24. The summed E-state index contributed by atoms with van der Waals surface area (Å²) in [7, 11) is 0. The maximum Gasteiger partial charge on any atom is 0.0381 e. The summed E-state index contributed by atoms with van der Waals surface area (Å²) >= 11 is 0. The molecule has 0 bridgehead atoms. The second-order valence-electron chi connectivity index (χ2n) is 3.32. The van der Waals surface area contributed by atoms with Crippen molar-refractivity contribution in [2.24, 2.45) is 0 Å². The Kier molecular flexibility index (Phi) is 1.65. The zero-order valence-corrected chi connectivity index (χ0v) is 7.30. The third kappa shape index (κ3) is 1.02. The molecule has 1 aliphatic heterocycles. The largest absolute Gasteiger partial charge is 0.381 e. The first kappa shape index (κ1) is 7.41. The molecule has 0 saturated carbocycles. The summed E-state index contributed by atoms with van der Waals surface area (Å²) < 4.78 is 0. The molecule has 2 rings (SSSR count). The van der Waals surface area contributed by atoms with Crippen molar-refractivity contribution >= 4 is 5.69 Å². The van der Waals surface area contributed by atoms with Crippen molar-refractivity contribution in [3.63, 3.8) is 0 Å². The Morgan fingerprint density at radius 3 is 3.00 bits per heavy atom. The topological polar surface area (TPSA) is 12.0 Å². The van der Waals surface area contributed by atoms with Crippen LogP contribution in [0.25, 0.3) is 0 Å². The predicted molar refractivity (Wildman–Crippen MR) is 52.5 cm³/mol. The van der Waals surface area contributed by atoms with Crippen molar-refractivity contribution in [3.8, 4) is 0 Å². The molecule has 0 aliphatic carbocycles. The summed E-state index contributed by atoms with van der Waals surface area (Å²) in [4.78, 5) is 0. The van der Waals surface area contributed by atoms with E-state index >= 15 is 0 Å². The highest BCUT2D eigenvalue weighted by atomic mass is 14.9. The van der Waals surface area contributed by atoms with Gasteiger partial charge in [-0.3, -0.25) is 0 Å². The first-order valence-electron chi connectivity index (χ1n) is 4.29. The average Bonchev–Trinajstić information content (AvgIpc) is 2.12. The monoisotopic (exact) mass is 159 g/mol. The molecule has 1 aromatic rings. The highest BCUT2D eigenvalue weighted by Crippen LogP contribution is 2.32. The number of nitrogens with one attached hydrogen (secondary N) is 1. The number of fused-ring (bicyclic) bond motifs is 1. The van der Waals surface area contributed by atoms with Gasteiger partial charge in [0, 0.05) is 18.2 Å². The van der Waals surface area contributed by atoms with Crippen LogP contribution in [0.3, 0.4) is 0 Å². The van der Waals surface area contributed by atoms with Crippen LogP contribution in [0.1, 0.15) is 18.4 Å². The zero-order valence-electron chi connectivity index (χ0n) is 7.30. The molecule has 0 radical (unpaired) electrons. The smallest absolute Gasteiger partial charge is 0.0381 e. The first-order chi connectivity index (χ1) is 5.79. The second kappa shape index (κ2) is 2.67. The van der Waals surface area contributed by atoms with Crippen LogP contribution in [0, 0.1) is 0 Å². The van der Waals surface area contributed by atoms with E-state index in [4.69, 9.17) is 0 Å². The highest BCUT2D eigenvalue weighted by molar-refractivity contribution is 5.58. The minimum atomic E-state index is 0.502. The third-order valence-corrected chi connectivity index (χ3v) is 2.55. The van der Waals surface area contributed by atoms with Gasteiger partial charge in [0.15, 0.2) is 0 Å². The van der Waals surface area contributed by atoms with E-state index in [1.54, 1.807) is 0 Å². The van der Waals surface area contributed by atoms with Crippen LogP contribution in [0.15, 0.2) is 36.4 Å². The fraction of sp³-hybridized carbons (Fsp3) is 0.273. The molecule has 1 unspecified atom stereocenters. The molecule has 1 N–H and O–H groups in total. The third-order valence-electron chi connectivity index (χ3n) is 2.55. The maximum atomic E-state index is 4.03. The van der Waals surface area contributed by atoms with Crippen molar-refractivity contribution < 1.29 is 0 Å². The van der Waals surface area contributed by atoms with Crippen LogP contribution < -0.4 is 5.32 Å². The minimum Gasteiger partial charge on any atom is -0.381 e. The normalized spacial score (nSPS) is 21.4. The van der Waals surface area contributed by atoms with E-state index in [0.29, 0.717) is 5.92 Å². The quantitative estimate of drug-likeness (QED) is 0.574. The standard InChI is InChI=1S/C11H13N/c1-8-7-12-11-6-4-3-5-10(11)9(8)2/h3-6,9,12H,1,7H2,2H3. The van der Waals surface area contributed by atoms with Crippen molar-refractivity contribution in [3.05, 3.63) is 42.0 Å². The van der Waals surface area contributed by atoms with Gasteiger partial charge >= 0.3 is 0 Å². The van der Waals surface area contributed by atoms with Gasteiger partial charge in [-0.05, 0) is 11.6 Å². The van der Waals surface area contributed by atoms with Crippen LogP contribution in [-0.4, -0.2) is 6.54 Å². The lowest BCUT2D eigenvalue weighted by Crippen LogP contribution is -2.17. The van der Waals surface area contributed by atoms with Crippen molar-refractivity contribution in [2.75, 3.05) is 11.9 Å². The number of hydrogen-bond donors (Lipinski definition) is 1. The van der Waals surface area contributed by atoms with E-state index in [2.05, 4.69) is 43.1 Å². The predicted octanol–water partition coefficient (Wildman–Crippen LogP) is 2.77. The number of rotatable bonds is 0. The molecule has 12 heavy (non-hydrogen) atoms. The van der Waals surface area contributed by atoms with Gasteiger partial charge in [-0.2, -0.15) is 0 Å². The Labute approximate surface area is 73.1 Å². The van der Waals surface area contributed by atoms with Crippen LogP contribution in [-0.2, 0) is 0 Å². The number of hydrogen-bond acceptors (Lipinski definition) is 1. The van der Waals surface area contributed by atoms with E-state index in [-0.39, 0.29) is 0 Å². The van der Waals surface area contributed by atoms with E-state index in [1.807, 2.05) is 0 Å². The molecule has 0 spiro atoms. The summed E-state index contributed by atoms with van der Waals surface area (Å²) in [6, 6.07) is 8.43. The SMILES string of the molecule is C=C1CNc2ccccc2C1C. The minimum absolute atomic E-state index is 0.502. The van der Waals surface area contributed by atoms with Gasteiger partial charge in [0.05, 0.1) is 0 Å². The zero-order chi connectivity index (χ0) is 8.55. The Balaban J connectivity index is 2.48. The molecule has 0 aromatic heterocycles. The van der Waals surface area contributed by atoms with Gasteiger partial charge in [-0.15, -0.1) is 0 Å². The molecule has 1 atom stereocenters. The molecule has 0 saturated heterocycles. The second-order valence-corrected chi connectivity index (χ2v) is 3.32.